The van der Waals surface area contributed by atoms with Gasteiger partial charge in [0.1, 0.15) is 5.71 Å². The van der Waals surface area contributed by atoms with Crippen molar-refractivity contribution >= 4 is 22.7 Å². The minimum absolute atomic E-state index is 0.171. The van der Waals surface area contributed by atoms with Crippen molar-refractivity contribution in [2.75, 3.05) is 0 Å². The zero-order chi connectivity index (χ0) is 19.2. The second-order valence-corrected chi connectivity index (χ2v) is 6.94. The lowest BCUT2D eigenvalue weighted by Gasteiger charge is -2.08. The molecular weight excluding hydrogens is 359 g/mol. The molecule has 2 aromatic rings. The Morgan fingerprint density at radius 1 is 1.27 bits per heavy atom. The fraction of sp³-hybridized carbons (Fsp3) is 0.368. The zero-order valence-corrected chi connectivity index (χ0v) is 15.4. The zero-order valence-electron chi connectivity index (χ0n) is 14.6. The Morgan fingerprint density at radius 3 is 2.73 bits per heavy atom. The molecule has 2 aromatic heterocycles. The van der Waals surface area contributed by atoms with Gasteiger partial charge in [0.2, 0.25) is 0 Å². The van der Waals surface area contributed by atoms with E-state index >= 15 is 0 Å². The number of aryl methyl sites for hydroxylation is 1. The fourth-order valence-electron chi connectivity index (χ4n) is 2.57. The molecule has 26 heavy (non-hydrogen) atoms. The predicted octanol–water partition coefficient (Wildman–Crippen LogP) is 5.81. The molecule has 0 aliphatic carbocycles. The summed E-state index contributed by atoms with van der Waals surface area (Å²) in [6.07, 6.45) is 3.08. The number of hydrogen-bond acceptors (Lipinski definition) is 4. The van der Waals surface area contributed by atoms with Gasteiger partial charge in [-0.05, 0) is 53.6 Å². The molecule has 0 saturated heterocycles. The van der Waals surface area contributed by atoms with Crippen LogP contribution in [-0.4, -0.2) is 16.9 Å². The van der Waals surface area contributed by atoms with Crippen molar-refractivity contribution < 1.29 is 13.2 Å². The van der Waals surface area contributed by atoms with Gasteiger partial charge in [-0.25, -0.2) is 0 Å². The summed E-state index contributed by atoms with van der Waals surface area (Å²) in [6, 6.07) is 5.59. The summed E-state index contributed by atoms with van der Waals surface area (Å²) in [5.41, 5.74) is 6.41. The molecule has 0 fully saturated rings. The quantitative estimate of drug-likeness (QED) is 0.447. The third-order valence-electron chi connectivity index (χ3n) is 3.97. The van der Waals surface area contributed by atoms with Crippen molar-refractivity contribution in [3.63, 3.8) is 0 Å². The molecule has 0 saturated carbocycles. The van der Waals surface area contributed by atoms with Crippen LogP contribution in [-0.2, 0) is 6.42 Å². The smallest absolute Gasteiger partial charge is 0.397 e. The SMILES string of the molecule is CCCCCCc1ccsc1-c1ccnc(/C(N)=C/C(=N)C(F)(F)F)c1. The maximum absolute atomic E-state index is 12.5. The van der Waals surface area contributed by atoms with Gasteiger partial charge in [0.15, 0.2) is 0 Å². The Morgan fingerprint density at radius 2 is 2.04 bits per heavy atom. The van der Waals surface area contributed by atoms with Crippen LogP contribution in [0.5, 0.6) is 0 Å². The van der Waals surface area contributed by atoms with Crippen molar-refractivity contribution in [3.8, 4) is 10.4 Å². The normalized spacial score (nSPS) is 12.4. The minimum Gasteiger partial charge on any atom is -0.397 e. The van der Waals surface area contributed by atoms with Gasteiger partial charge in [-0.15, -0.1) is 11.3 Å². The first-order chi connectivity index (χ1) is 12.3. The number of pyridine rings is 1. The highest BCUT2D eigenvalue weighted by atomic mass is 32.1. The van der Waals surface area contributed by atoms with Crippen molar-refractivity contribution in [3.05, 3.63) is 47.1 Å². The summed E-state index contributed by atoms with van der Waals surface area (Å²) < 4.78 is 37.5. The first-order valence-corrected chi connectivity index (χ1v) is 9.37. The molecule has 0 bridgehead atoms. The lowest BCUT2D eigenvalue weighted by atomic mass is 10.0. The lowest BCUT2D eigenvalue weighted by Crippen LogP contribution is -2.20. The highest BCUT2D eigenvalue weighted by Crippen LogP contribution is 2.31. The largest absolute Gasteiger partial charge is 0.432 e. The molecule has 2 rings (SSSR count). The van der Waals surface area contributed by atoms with Crippen LogP contribution in [0.25, 0.3) is 16.1 Å². The standard InChI is InChI=1S/C19H22F3N3S/c1-2-3-4-5-6-13-8-10-26-18(13)14-7-9-25-16(11-14)15(23)12-17(24)19(20,21)22/h7-12,24H,2-6,23H2,1H3/b15-12-,24-17?. The summed E-state index contributed by atoms with van der Waals surface area (Å²) in [6.45, 7) is 2.17. The molecule has 0 spiro atoms. The van der Waals surface area contributed by atoms with Crippen LogP contribution in [0.2, 0.25) is 0 Å². The second kappa shape index (κ2) is 8.98. The van der Waals surface area contributed by atoms with Crippen LogP contribution in [0.1, 0.15) is 43.9 Å². The number of allylic oxidation sites excluding steroid dienone is 1. The van der Waals surface area contributed by atoms with Crippen molar-refractivity contribution in [2.45, 2.75) is 45.2 Å². The summed E-state index contributed by atoms with van der Waals surface area (Å²) in [5.74, 6) is 0. The van der Waals surface area contributed by atoms with Gasteiger partial charge in [-0.3, -0.25) is 10.4 Å². The number of unbranched alkanes of at least 4 members (excludes halogenated alkanes) is 3. The molecule has 0 aliphatic rings. The Kier molecular flexibility index (Phi) is 6.97. The summed E-state index contributed by atoms with van der Waals surface area (Å²) in [5, 5.41) is 9.07. The molecule has 0 amide bonds. The Balaban J connectivity index is 2.21. The van der Waals surface area contributed by atoms with E-state index < -0.39 is 11.9 Å². The van der Waals surface area contributed by atoms with E-state index in [1.54, 1.807) is 17.4 Å². The number of hydrogen-bond donors (Lipinski definition) is 2. The van der Waals surface area contributed by atoms with Gasteiger partial charge in [-0.1, -0.05) is 26.2 Å². The monoisotopic (exact) mass is 381 g/mol. The molecule has 0 unspecified atom stereocenters. The van der Waals surface area contributed by atoms with E-state index in [-0.39, 0.29) is 11.4 Å². The first kappa shape index (κ1) is 20.2. The van der Waals surface area contributed by atoms with E-state index in [0.29, 0.717) is 6.08 Å². The molecule has 2 heterocycles. The van der Waals surface area contributed by atoms with Gasteiger partial charge < -0.3 is 5.73 Å². The van der Waals surface area contributed by atoms with E-state index in [1.165, 1.54) is 31.0 Å². The third kappa shape index (κ3) is 5.42. The Labute approximate surface area is 155 Å². The van der Waals surface area contributed by atoms with Crippen LogP contribution in [0, 0.1) is 5.41 Å². The van der Waals surface area contributed by atoms with Crippen LogP contribution in [0.4, 0.5) is 13.2 Å². The van der Waals surface area contributed by atoms with Crippen molar-refractivity contribution in [1.82, 2.24) is 4.98 Å². The van der Waals surface area contributed by atoms with E-state index in [0.717, 1.165) is 23.3 Å². The summed E-state index contributed by atoms with van der Waals surface area (Å²) in [7, 11) is 0. The van der Waals surface area contributed by atoms with E-state index in [9.17, 15) is 13.2 Å². The maximum atomic E-state index is 12.5. The van der Waals surface area contributed by atoms with Crippen molar-refractivity contribution in [2.24, 2.45) is 5.73 Å². The minimum atomic E-state index is -4.72. The van der Waals surface area contributed by atoms with Gasteiger partial charge in [0.05, 0.1) is 11.4 Å². The number of thiophene rings is 1. The van der Waals surface area contributed by atoms with Crippen LogP contribution in [0.15, 0.2) is 35.9 Å². The number of halogens is 3. The fourth-order valence-corrected chi connectivity index (χ4v) is 3.52. The molecule has 0 radical (unpaired) electrons. The average Bonchev–Trinajstić information content (AvgIpc) is 3.06. The topological polar surface area (TPSA) is 62.8 Å². The van der Waals surface area contributed by atoms with Crippen molar-refractivity contribution in [1.29, 1.82) is 5.41 Å². The van der Waals surface area contributed by atoms with E-state index in [4.69, 9.17) is 11.1 Å². The van der Waals surface area contributed by atoms with Crippen LogP contribution >= 0.6 is 11.3 Å². The Hall–Kier alpha value is -2.15. The molecular formula is C19H22F3N3S. The number of nitrogens with two attached hydrogens (primary N) is 1. The highest BCUT2D eigenvalue weighted by Gasteiger charge is 2.32. The number of alkyl halides is 3. The molecule has 0 atom stereocenters. The maximum Gasteiger partial charge on any atom is 0.432 e. The summed E-state index contributed by atoms with van der Waals surface area (Å²) >= 11 is 1.59. The number of rotatable bonds is 8. The number of nitrogens with zero attached hydrogens (tertiary/aromatic N) is 1. The third-order valence-corrected chi connectivity index (χ3v) is 4.98. The Bertz CT molecular complexity index is 778. The average molecular weight is 381 g/mol. The summed E-state index contributed by atoms with van der Waals surface area (Å²) in [4.78, 5) is 5.13. The highest BCUT2D eigenvalue weighted by molar-refractivity contribution is 7.13. The molecule has 0 aliphatic heterocycles. The molecule has 140 valence electrons. The predicted molar refractivity (Wildman–Crippen MR) is 101 cm³/mol. The van der Waals surface area contributed by atoms with Gasteiger partial charge in [0.25, 0.3) is 0 Å². The number of nitrogens with one attached hydrogen (secondary N) is 1. The molecule has 3 nitrogen and oxygen atoms in total. The van der Waals surface area contributed by atoms with Gasteiger partial charge >= 0.3 is 6.18 Å². The molecule has 7 heteroatoms. The van der Waals surface area contributed by atoms with E-state index in [1.807, 2.05) is 11.4 Å². The van der Waals surface area contributed by atoms with Crippen LogP contribution < -0.4 is 5.73 Å². The van der Waals surface area contributed by atoms with Crippen LogP contribution in [0.3, 0.4) is 0 Å². The van der Waals surface area contributed by atoms with Gasteiger partial charge in [0, 0.05) is 11.1 Å². The molecule has 0 aromatic carbocycles. The van der Waals surface area contributed by atoms with Gasteiger partial charge in [-0.2, -0.15) is 13.2 Å². The molecule has 3 N–H and O–H groups in total. The second-order valence-electron chi connectivity index (χ2n) is 6.03. The number of aromatic nitrogens is 1. The lowest BCUT2D eigenvalue weighted by molar-refractivity contribution is -0.0583. The van der Waals surface area contributed by atoms with E-state index in [2.05, 4.69) is 18.0 Å². The first-order valence-electron chi connectivity index (χ1n) is 8.49.